The van der Waals surface area contributed by atoms with E-state index in [4.69, 9.17) is 10.8 Å². The van der Waals surface area contributed by atoms with Gasteiger partial charge in [0.1, 0.15) is 0 Å². The molecule has 1 heterocycles. The zero-order valence-electron chi connectivity index (χ0n) is 8.15. The van der Waals surface area contributed by atoms with Crippen molar-refractivity contribution in [3.63, 3.8) is 0 Å². The summed E-state index contributed by atoms with van der Waals surface area (Å²) in [5.74, 6) is 0.778. The van der Waals surface area contributed by atoms with Crippen molar-refractivity contribution >= 4 is 0 Å². The SMILES string of the molecule is NC(CO)C(C1CC1)N1CCCC1. The van der Waals surface area contributed by atoms with Gasteiger partial charge in [-0.2, -0.15) is 0 Å². The number of likely N-dealkylation sites (tertiary alicyclic amines) is 1. The number of nitrogens with zero attached hydrogens (tertiary/aromatic N) is 1. The Bertz CT molecular complexity index is 164. The van der Waals surface area contributed by atoms with Crippen LogP contribution in [0.15, 0.2) is 0 Å². The molecule has 3 N–H and O–H groups in total. The summed E-state index contributed by atoms with van der Waals surface area (Å²) in [6.07, 6.45) is 5.24. The van der Waals surface area contributed by atoms with E-state index in [9.17, 15) is 0 Å². The van der Waals surface area contributed by atoms with Gasteiger partial charge in [-0.3, -0.25) is 4.90 Å². The Morgan fingerprint density at radius 3 is 2.38 bits per heavy atom. The molecule has 0 aromatic heterocycles. The van der Waals surface area contributed by atoms with Crippen molar-refractivity contribution in [3.8, 4) is 0 Å². The second kappa shape index (κ2) is 3.95. The van der Waals surface area contributed by atoms with Crippen LogP contribution in [-0.4, -0.2) is 41.8 Å². The quantitative estimate of drug-likeness (QED) is 0.655. The molecular formula is C10H20N2O. The third kappa shape index (κ3) is 2.03. The topological polar surface area (TPSA) is 49.5 Å². The van der Waals surface area contributed by atoms with Crippen LogP contribution in [-0.2, 0) is 0 Å². The van der Waals surface area contributed by atoms with Gasteiger partial charge in [-0.15, -0.1) is 0 Å². The van der Waals surface area contributed by atoms with Gasteiger partial charge < -0.3 is 10.8 Å². The zero-order chi connectivity index (χ0) is 9.26. The second-order valence-corrected chi connectivity index (χ2v) is 4.42. The van der Waals surface area contributed by atoms with Crippen molar-refractivity contribution in [2.45, 2.75) is 37.8 Å². The van der Waals surface area contributed by atoms with E-state index in [-0.39, 0.29) is 12.6 Å². The number of nitrogens with two attached hydrogens (primary N) is 1. The molecule has 0 amide bonds. The van der Waals surface area contributed by atoms with Crippen LogP contribution in [0.1, 0.15) is 25.7 Å². The predicted octanol–water partition coefficient (Wildman–Crippen LogP) is 0.180. The van der Waals surface area contributed by atoms with E-state index < -0.39 is 0 Å². The third-order valence-electron chi connectivity index (χ3n) is 3.32. The van der Waals surface area contributed by atoms with E-state index in [2.05, 4.69) is 4.90 Å². The Hall–Kier alpha value is -0.120. The number of rotatable bonds is 4. The summed E-state index contributed by atoms with van der Waals surface area (Å²) in [5, 5.41) is 9.09. The molecule has 13 heavy (non-hydrogen) atoms. The molecule has 0 radical (unpaired) electrons. The molecular weight excluding hydrogens is 164 g/mol. The first kappa shape index (κ1) is 9.44. The molecule has 3 heteroatoms. The Morgan fingerprint density at radius 1 is 1.31 bits per heavy atom. The fourth-order valence-corrected chi connectivity index (χ4v) is 2.50. The number of hydrogen-bond donors (Lipinski definition) is 2. The first-order chi connectivity index (χ1) is 6.33. The first-order valence-electron chi connectivity index (χ1n) is 5.43. The van der Waals surface area contributed by atoms with Crippen LogP contribution in [0.4, 0.5) is 0 Å². The highest BCUT2D eigenvalue weighted by Crippen LogP contribution is 2.37. The van der Waals surface area contributed by atoms with Crippen LogP contribution in [0.3, 0.4) is 0 Å². The van der Waals surface area contributed by atoms with E-state index in [1.165, 1.54) is 38.8 Å². The maximum absolute atomic E-state index is 9.09. The van der Waals surface area contributed by atoms with Gasteiger partial charge in [0.2, 0.25) is 0 Å². The molecule has 76 valence electrons. The Morgan fingerprint density at radius 2 is 1.92 bits per heavy atom. The fourth-order valence-electron chi connectivity index (χ4n) is 2.50. The second-order valence-electron chi connectivity index (χ2n) is 4.42. The maximum Gasteiger partial charge on any atom is 0.0597 e. The average molecular weight is 184 g/mol. The summed E-state index contributed by atoms with van der Waals surface area (Å²) in [6, 6.07) is 0.443. The van der Waals surface area contributed by atoms with Gasteiger partial charge in [0.15, 0.2) is 0 Å². The van der Waals surface area contributed by atoms with E-state index in [0.717, 1.165) is 5.92 Å². The summed E-state index contributed by atoms with van der Waals surface area (Å²) in [6.45, 7) is 2.52. The van der Waals surface area contributed by atoms with E-state index in [1.807, 2.05) is 0 Å². The number of aliphatic hydroxyl groups is 1. The summed E-state index contributed by atoms with van der Waals surface area (Å²) in [5.41, 5.74) is 5.95. The lowest BCUT2D eigenvalue weighted by Crippen LogP contribution is -2.49. The Kier molecular flexibility index (Phi) is 2.86. The smallest absolute Gasteiger partial charge is 0.0597 e. The summed E-state index contributed by atoms with van der Waals surface area (Å²) >= 11 is 0. The molecule has 2 aliphatic rings. The monoisotopic (exact) mass is 184 g/mol. The molecule has 0 aromatic rings. The maximum atomic E-state index is 9.09. The van der Waals surface area contributed by atoms with E-state index in [0.29, 0.717) is 6.04 Å². The Labute approximate surface area is 79.9 Å². The van der Waals surface area contributed by atoms with Crippen LogP contribution in [0.25, 0.3) is 0 Å². The van der Waals surface area contributed by atoms with Gasteiger partial charge in [0.05, 0.1) is 6.61 Å². The minimum atomic E-state index is -0.0226. The minimum absolute atomic E-state index is 0.0226. The largest absolute Gasteiger partial charge is 0.395 e. The molecule has 0 spiro atoms. The van der Waals surface area contributed by atoms with Gasteiger partial charge in [0, 0.05) is 12.1 Å². The lowest BCUT2D eigenvalue weighted by molar-refractivity contribution is 0.142. The lowest BCUT2D eigenvalue weighted by Gasteiger charge is -2.31. The standard InChI is InChI=1S/C10H20N2O/c11-9(7-13)10(8-3-4-8)12-5-1-2-6-12/h8-10,13H,1-7,11H2. The molecule has 1 saturated carbocycles. The van der Waals surface area contributed by atoms with Crippen molar-refractivity contribution in [2.75, 3.05) is 19.7 Å². The van der Waals surface area contributed by atoms with Crippen molar-refractivity contribution in [2.24, 2.45) is 11.7 Å². The molecule has 3 nitrogen and oxygen atoms in total. The summed E-state index contributed by atoms with van der Waals surface area (Å²) in [7, 11) is 0. The molecule has 2 fully saturated rings. The first-order valence-corrected chi connectivity index (χ1v) is 5.43. The lowest BCUT2D eigenvalue weighted by atomic mass is 10.0. The fraction of sp³-hybridized carbons (Fsp3) is 1.00. The number of hydrogen-bond acceptors (Lipinski definition) is 3. The molecule has 0 bridgehead atoms. The molecule has 2 unspecified atom stereocenters. The van der Waals surface area contributed by atoms with Gasteiger partial charge >= 0.3 is 0 Å². The van der Waals surface area contributed by atoms with Gasteiger partial charge in [-0.1, -0.05) is 0 Å². The highest BCUT2D eigenvalue weighted by Gasteiger charge is 2.39. The molecule has 1 aliphatic carbocycles. The van der Waals surface area contributed by atoms with Crippen molar-refractivity contribution in [1.29, 1.82) is 0 Å². The van der Waals surface area contributed by atoms with Crippen molar-refractivity contribution in [1.82, 2.24) is 4.90 Å². The van der Waals surface area contributed by atoms with Crippen molar-refractivity contribution in [3.05, 3.63) is 0 Å². The number of aliphatic hydroxyl groups excluding tert-OH is 1. The third-order valence-corrected chi connectivity index (χ3v) is 3.32. The van der Waals surface area contributed by atoms with E-state index >= 15 is 0 Å². The van der Waals surface area contributed by atoms with Gasteiger partial charge in [-0.05, 0) is 44.7 Å². The molecule has 1 aliphatic heterocycles. The summed E-state index contributed by atoms with van der Waals surface area (Å²) < 4.78 is 0. The van der Waals surface area contributed by atoms with Gasteiger partial charge in [-0.25, -0.2) is 0 Å². The highest BCUT2D eigenvalue weighted by atomic mass is 16.3. The predicted molar refractivity (Wildman–Crippen MR) is 52.4 cm³/mol. The van der Waals surface area contributed by atoms with Crippen LogP contribution < -0.4 is 5.73 Å². The van der Waals surface area contributed by atoms with Crippen LogP contribution >= 0.6 is 0 Å². The van der Waals surface area contributed by atoms with Crippen LogP contribution in [0.2, 0.25) is 0 Å². The molecule has 0 aromatic carbocycles. The Balaban J connectivity index is 1.95. The zero-order valence-corrected chi connectivity index (χ0v) is 8.15. The van der Waals surface area contributed by atoms with Crippen molar-refractivity contribution < 1.29 is 5.11 Å². The highest BCUT2D eigenvalue weighted by molar-refractivity contribution is 4.95. The summed E-state index contributed by atoms with van der Waals surface area (Å²) in [4.78, 5) is 2.48. The molecule has 2 rings (SSSR count). The minimum Gasteiger partial charge on any atom is -0.395 e. The average Bonchev–Trinajstić information content (AvgIpc) is 2.81. The van der Waals surface area contributed by atoms with Gasteiger partial charge in [0.25, 0.3) is 0 Å². The normalized spacial score (nSPS) is 29.1. The molecule has 1 saturated heterocycles. The molecule has 2 atom stereocenters. The van der Waals surface area contributed by atoms with Crippen LogP contribution in [0, 0.1) is 5.92 Å². The van der Waals surface area contributed by atoms with Crippen LogP contribution in [0.5, 0.6) is 0 Å². The van der Waals surface area contributed by atoms with E-state index in [1.54, 1.807) is 0 Å².